The molecule has 0 aliphatic rings. The third-order valence-corrected chi connectivity index (χ3v) is 3.59. The van der Waals surface area contributed by atoms with Gasteiger partial charge in [-0.15, -0.1) is 10.2 Å². The maximum absolute atomic E-state index is 4.51. The van der Waals surface area contributed by atoms with Crippen molar-refractivity contribution in [1.82, 2.24) is 35.0 Å². The number of aromatic nitrogens is 7. The minimum Gasteiger partial charge on any atom is -0.275 e. The second-order valence-electron chi connectivity index (χ2n) is 3.83. The number of hydrogen-bond donors (Lipinski definition) is 1. The molecule has 0 saturated carbocycles. The van der Waals surface area contributed by atoms with Crippen molar-refractivity contribution in [3.05, 3.63) is 36.8 Å². The summed E-state index contributed by atoms with van der Waals surface area (Å²) >= 11 is 1.46. The number of pyridine rings is 1. The third kappa shape index (κ3) is 1.61. The quantitative estimate of drug-likeness (QED) is 0.598. The Labute approximate surface area is 111 Å². The van der Waals surface area contributed by atoms with Gasteiger partial charge >= 0.3 is 0 Å². The Bertz CT molecular complexity index is 815. The Morgan fingerprint density at radius 3 is 2.74 bits per heavy atom. The molecule has 0 unspecified atom stereocenters. The van der Waals surface area contributed by atoms with E-state index in [0.29, 0.717) is 5.82 Å². The fourth-order valence-corrected chi connectivity index (χ4v) is 2.60. The highest BCUT2D eigenvalue weighted by Gasteiger charge is 2.14. The second kappa shape index (κ2) is 3.95. The molecule has 4 heterocycles. The van der Waals surface area contributed by atoms with E-state index in [1.54, 1.807) is 23.1 Å². The molecule has 4 aromatic rings. The molecular formula is C11H7N7S. The fourth-order valence-electron chi connectivity index (χ4n) is 1.78. The van der Waals surface area contributed by atoms with Crippen LogP contribution in [0, 0.1) is 0 Å². The van der Waals surface area contributed by atoms with Crippen molar-refractivity contribution >= 4 is 16.3 Å². The molecule has 0 amide bonds. The molecule has 1 N–H and O–H groups in total. The first-order valence-electron chi connectivity index (χ1n) is 5.54. The van der Waals surface area contributed by atoms with Crippen LogP contribution in [0.3, 0.4) is 0 Å². The van der Waals surface area contributed by atoms with Gasteiger partial charge in [0.25, 0.3) is 0 Å². The number of hydrogen-bond acceptors (Lipinski definition) is 6. The number of fused-ring (bicyclic) bond motifs is 1. The monoisotopic (exact) mass is 269 g/mol. The van der Waals surface area contributed by atoms with E-state index in [1.807, 2.05) is 18.2 Å². The smallest absolute Gasteiger partial charge is 0.235 e. The summed E-state index contributed by atoms with van der Waals surface area (Å²) < 4.78 is 1.73. The number of nitrogens with one attached hydrogen (secondary N) is 1. The van der Waals surface area contributed by atoms with E-state index in [1.165, 1.54) is 11.3 Å². The summed E-state index contributed by atoms with van der Waals surface area (Å²) in [4.78, 5) is 4.74. The zero-order valence-electron chi connectivity index (χ0n) is 9.56. The lowest BCUT2D eigenvalue weighted by molar-refractivity contribution is 0.963. The van der Waals surface area contributed by atoms with Crippen LogP contribution in [0.2, 0.25) is 0 Å². The number of nitrogens with zero attached hydrogens (tertiary/aromatic N) is 6. The highest BCUT2D eigenvalue weighted by atomic mass is 32.1. The highest BCUT2D eigenvalue weighted by Crippen LogP contribution is 2.26. The highest BCUT2D eigenvalue weighted by molar-refractivity contribution is 7.19. The minimum absolute atomic E-state index is 0.708. The van der Waals surface area contributed by atoms with E-state index in [0.717, 1.165) is 21.2 Å². The Balaban J connectivity index is 1.90. The molecule has 0 fully saturated rings. The van der Waals surface area contributed by atoms with E-state index in [2.05, 4.69) is 30.5 Å². The molecular weight excluding hydrogens is 262 g/mol. The molecule has 0 atom stereocenters. The van der Waals surface area contributed by atoms with Gasteiger partial charge in [0.2, 0.25) is 4.96 Å². The van der Waals surface area contributed by atoms with Crippen LogP contribution < -0.4 is 0 Å². The zero-order valence-corrected chi connectivity index (χ0v) is 10.4. The summed E-state index contributed by atoms with van der Waals surface area (Å²) in [5.74, 6) is 0.708. The Kier molecular flexibility index (Phi) is 2.15. The zero-order chi connectivity index (χ0) is 12.7. The average molecular weight is 269 g/mol. The van der Waals surface area contributed by atoms with Crippen LogP contribution in [0.15, 0.2) is 36.8 Å². The molecule has 0 spiro atoms. The largest absolute Gasteiger partial charge is 0.275 e. The first kappa shape index (κ1) is 10.3. The van der Waals surface area contributed by atoms with Gasteiger partial charge < -0.3 is 0 Å². The van der Waals surface area contributed by atoms with Gasteiger partial charge in [0.15, 0.2) is 10.8 Å². The lowest BCUT2D eigenvalue weighted by atomic mass is 10.2. The summed E-state index contributed by atoms with van der Waals surface area (Å²) in [5.41, 5.74) is 1.81. The predicted octanol–water partition coefficient (Wildman–Crippen LogP) is 1.64. The van der Waals surface area contributed by atoms with Crippen molar-refractivity contribution in [2.45, 2.75) is 0 Å². The van der Waals surface area contributed by atoms with Crippen molar-refractivity contribution in [2.24, 2.45) is 0 Å². The lowest BCUT2D eigenvalue weighted by Gasteiger charge is -1.94. The van der Waals surface area contributed by atoms with Gasteiger partial charge in [-0.1, -0.05) is 11.3 Å². The van der Waals surface area contributed by atoms with Crippen molar-refractivity contribution in [1.29, 1.82) is 0 Å². The SMILES string of the molecule is c1cc(-c2nnc3sc(-c4ccn[nH]4)nn23)ccn1. The number of rotatable bonds is 2. The molecule has 0 aromatic carbocycles. The predicted molar refractivity (Wildman–Crippen MR) is 69.5 cm³/mol. The molecule has 19 heavy (non-hydrogen) atoms. The molecule has 8 heteroatoms. The van der Waals surface area contributed by atoms with Gasteiger partial charge in [-0.3, -0.25) is 10.1 Å². The van der Waals surface area contributed by atoms with Gasteiger partial charge in [0.1, 0.15) is 0 Å². The van der Waals surface area contributed by atoms with Crippen LogP contribution in [0.1, 0.15) is 0 Å². The van der Waals surface area contributed by atoms with Gasteiger partial charge in [-0.05, 0) is 18.2 Å². The van der Waals surface area contributed by atoms with Crippen LogP contribution in [-0.4, -0.2) is 35.0 Å². The minimum atomic E-state index is 0.708. The normalized spacial score (nSPS) is 11.2. The summed E-state index contributed by atoms with van der Waals surface area (Å²) in [6.07, 6.45) is 5.14. The standard InChI is InChI=1S/C11H7N7S/c1-4-12-5-2-7(1)9-15-16-11-18(9)17-10(19-11)8-3-6-13-14-8/h1-6H,(H,13,14). The summed E-state index contributed by atoms with van der Waals surface area (Å²) in [7, 11) is 0. The molecule has 4 aromatic heterocycles. The van der Waals surface area contributed by atoms with Crippen LogP contribution in [-0.2, 0) is 0 Å². The van der Waals surface area contributed by atoms with Crippen LogP contribution in [0.25, 0.3) is 27.1 Å². The van der Waals surface area contributed by atoms with Gasteiger partial charge in [-0.25, -0.2) is 0 Å². The molecule has 7 nitrogen and oxygen atoms in total. The Hall–Kier alpha value is -2.61. The van der Waals surface area contributed by atoms with E-state index < -0.39 is 0 Å². The van der Waals surface area contributed by atoms with E-state index in [9.17, 15) is 0 Å². The van der Waals surface area contributed by atoms with Crippen molar-refractivity contribution < 1.29 is 0 Å². The molecule has 0 aliphatic carbocycles. The third-order valence-electron chi connectivity index (χ3n) is 2.66. The van der Waals surface area contributed by atoms with Crippen LogP contribution >= 0.6 is 11.3 Å². The van der Waals surface area contributed by atoms with E-state index in [4.69, 9.17) is 0 Å². The molecule has 0 aliphatic heterocycles. The average Bonchev–Trinajstić information content (AvgIpc) is 3.15. The number of aromatic amines is 1. The summed E-state index contributed by atoms with van der Waals surface area (Å²) in [5, 5.41) is 20.4. The van der Waals surface area contributed by atoms with Gasteiger partial charge in [0.05, 0.1) is 5.69 Å². The summed E-state index contributed by atoms with van der Waals surface area (Å²) in [6, 6.07) is 5.63. The topological polar surface area (TPSA) is 84.6 Å². The van der Waals surface area contributed by atoms with E-state index in [-0.39, 0.29) is 0 Å². The first-order valence-corrected chi connectivity index (χ1v) is 6.36. The van der Waals surface area contributed by atoms with Crippen LogP contribution in [0.4, 0.5) is 0 Å². The molecule has 0 radical (unpaired) electrons. The molecule has 4 rings (SSSR count). The number of H-pyrrole nitrogens is 1. The lowest BCUT2D eigenvalue weighted by Crippen LogP contribution is -1.91. The second-order valence-corrected chi connectivity index (χ2v) is 4.79. The molecule has 92 valence electrons. The fraction of sp³-hybridized carbons (Fsp3) is 0. The van der Waals surface area contributed by atoms with Crippen molar-refractivity contribution in [2.75, 3.05) is 0 Å². The maximum Gasteiger partial charge on any atom is 0.235 e. The maximum atomic E-state index is 4.51. The van der Waals surface area contributed by atoms with Gasteiger partial charge in [-0.2, -0.15) is 14.7 Å². The van der Waals surface area contributed by atoms with Crippen LogP contribution in [0.5, 0.6) is 0 Å². The van der Waals surface area contributed by atoms with Gasteiger partial charge in [0, 0.05) is 24.2 Å². The Morgan fingerprint density at radius 2 is 1.95 bits per heavy atom. The Morgan fingerprint density at radius 1 is 1.05 bits per heavy atom. The van der Waals surface area contributed by atoms with Crippen molar-refractivity contribution in [3.63, 3.8) is 0 Å². The van der Waals surface area contributed by atoms with E-state index >= 15 is 0 Å². The molecule has 0 saturated heterocycles. The van der Waals surface area contributed by atoms with Crippen molar-refractivity contribution in [3.8, 4) is 22.1 Å². The summed E-state index contributed by atoms with van der Waals surface area (Å²) in [6.45, 7) is 0. The first-order chi connectivity index (χ1) is 9.42. The molecule has 0 bridgehead atoms.